The maximum absolute atomic E-state index is 11.7. The van der Waals surface area contributed by atoms with Gasteiger partial charge in [-0.3, -0.25) is 9.59 Å². The second kappa shape index (κ2) is 7.25. The van der Waals surface area contributed by atoms with Crippen LogP contribution >= 0.6 is 0 Å². The molecule has 7 heteroatoms. The van der Waals surface area contributed by atoms with Gasteiger partial charge in [0.1, 0.15) is 6.61 Å². The summed E-state index contributed by atoms with van der Waals surface area (Å²) in [5, 5.41) is 11.3. The number of hydrogen-bond donors (Lipinski definition) is 2. The lowest BCUT2D eigenvalue weighted by molar-refractivity contribution is -0.141. The van der Waals surface area contributed by atoms with E-state index in [1.54, 1.807) is 0 Å². The summed E-state index contributed by atoms with van der Waals surface area (Å²) >= 11 is 0. The molecule has 0 heterocycles. The molecule has 1 aliphatic rings. The highest BCUT2D eigenvalue weighted by Crippen LogP contribution is 2.30. The lowest BCUT2D eigenvalue weighted by Gasteiger charge is -2.10. The maximum atomic E-state index is 11.7. The van der Waals surface area contributed by atoms with Gasteiger partial charge in [0, 0.05) is 12.5 Å². The van der Waals surface area contributed by atoms with Gasteiger partial charge in [0.15, 0.2) is 0 Å². The van der Waals surface area contributed by atoms with Crippen molar-refractivity contribution in [1.82, 2.24) is 5.32 Å². The Kier molecular flexibility index (Phi) is 5.97. The van der Waals surface area contributed by atoms with E-state index in [1.165, 1.54) is 0 Å². The van der Waals surface area contributed by atoms with Gasteiger partial charge in [0.25, 0.3) is 6.43 Å². The van der Waals surface area contributed by atoms with Crippen molar-refractivity contribution in [3.05, 3.63) is 0 Å². The molecular weight excluding hydrogens is 248 g/mol. The highest BCUT2D eigenvalue weighted by molar-refractivity contribution is 5.80. The minimum Gasteiger partial charge on any atom is -0.481 e. The topological polar surface area (TPSA) is 75.6 Å². The molecular formula is C11H17F2NO4. The summed E-state index contributed by atoms with van der Waals surface area (Å²) in [4.78, 5) is 22.3. The summed E-state index contributed by atoms with van der Waals surface area (Å²) < 4.78 is 28.0. The van der Waals surface area contributed by atoms with E-state index in [9.17, 15) is 18.4 Å². The summed E-state index contributed by atoms with van der Waals surface area (Å²) in [6.07, 6.45) is -1.10. The molecule has 0 spiro atoms. The number of carbonyl (C=O) groups excluding carboxylic acids is 1. The van der Waals surface area contributed by atoms with E-state index in [1.807, 2.05) is 0 Å². The van der Waals surface area contributed by atoms with Crippen LogP contribution in [0.1, 0.15) is 19.3 Å². The fraction of sp³-hybridized carbons (Fsp3) is 0.818. The Hall–Kier alpha value is -1.24. The van der Waals surface area contributed by atoms with Gasteiger partial charge < -0.3 is 15.2 Å². The number of halogens is 2. The summed E-state index contributed by atoms with van der Waals surface area (Å²) in [6.45, 7) is -0.439. The average molecular weight is 265 g/mol. The van der Waals surface area contributed by atoms with E-state index < -0.39 is 24.9 Å². The monoisotopic (exact) mass is 265 g/mol. The Morgan fingerprint density at radius 3 is 2.56 bits per heavy atom. The summed E-state index contributed by atoms with van der Waals surface area (Å²) in [7, 11) is 0. The third kappa shape index (κ3) is 4.95. The van der Waals surface area contributed by atoms with Crippen LogP contribution in [0.4, 0.5) is 8.78 Å². The zero-order chi connectivity index (χ0) is 13.5. The first-order chi connectivity index (χ1) is 8.50. The molecule has 0 saturated heterocycles. The molecule has 0 aromatic rings. The van der Waals surface area contributed by atoms with Crippen LogP contribution in [-0.4, -0.2) is 43.2 Å². The molecule has 1 amide bonds. The van der Waals surface area contributed by atoms with Crippen molar-refractivity contribution in [2.24, 2.45) is 11.8 Å². The maximum Gasteiger partial charge on any atom is 0.306 e. The fourth-order valence-electron chi connectivity index (χ4n) is 2.01. The smallest absolute Gasteiger partial charge is 0.306 e. The van der Waals surface area contributed by atoms with Crippen LogP contribution in [0.2, 0.25) is 0 Å². The Morgan fingerprint density at radius 2 is 2.00 bits per heavy atom. The van der Waals surface area contributed by atoms with Crippen molar-refractivity contribution >= 4 is 11.9 Å². The Balaban J connectivity index is 2.12. The highest BCUT2D eigenvalue weighted by atomic mass is 19.3. The SMILES string of the molecule is O=C(O)C1CCC(C(=O)NCCOCC(F)F)C1. The molecule has 1 fully saturated rings. The first-order valence-corrected chi connectivity index (χ1v) is 5.87. The molecule has 2 atom stereocenters. The molecule has 5 nitrogen and oxygen atoms in total. The number of amides is 1. The second-order valence-corrected chi connectivity index (χ2v) is 4.30. The first-order valence-electron chi connectivity index (χ1n) is 5.87. The average Bonchev–Trinajstić information content (AvgIpc) is 2.77. The molecule has 1 rings (SSSR count). The van der Waals surface area contributed by atoms with Gasteiger partial charge in [-0.1, -0.05) is 0 Å². The first kappa shape index (κ1) is 14.8. The lowest BCUT2D eigenvalue weighted by atomic mass is 10.0. The summed E-state index contributed by atoms with van der Waals surface area (Å²) in [5.41, 5.74) is 0. The van der Waals surface area contributed by atoms with Gasteiger partial charge in [-0.25, -0.2) is 8.78 Å². The van der Waals surface area contributed by atoms with Gasteiger partial charge in [0.05, 0.1) is 12.5 Å². The predicted octanol–water partition coefficient (Wildman–Crippen LogP) is 0.885. The van der Waals surface area contributed by atoms with Gasteiger partial charge >= 0.3 is 5.97 Å². The Labute approximate surface area is 103 Å². The van der Waals surface area contributed by atoms with E-state index in [0.29, 0.717) is 19.3 Å². The third-order valence-electron chi connectivity index (χ3n) is 2.94. The van der Waals surface area contributed by atoms with Crippen LogP contribution in [0, 0.1) is 11.8 Å². The molecule has 104 valence electrons. The molecule has 18 heavy (non-hydrogen) atoms. The van der Waals surface area contributed by atoms with Gasteiger partial charge in [0.2, 0.25) is 5.91 Å². The molecule has 1 saturated carbocycles. The van der Waals surface area contributed by atoms with Crippen molar-refractivity contribution in [1.29, 1.82) is 0 Å². The summed E-state index contributed by atoms with van der Waals surface area (Å²) in [5.74, 6) is -1.83. The number of carboxylic acid groups (broad SMARTS) is 1. The normalized spacial score (nSPS) is 23.3. The zero-order valence-electron chi connectivity index (χ0n) is 9.90. The molecule has 0 radical (unpaired) electrons. The van der Waals surface area contributed by atoms with E-state index >= 15 is 0 Å². The van der Waals surface area contributed by atoms with Crippen molar-refractivity contribution in [3.63, 3.8) is 0 Å². The van der Waals surface area contributed by atoms with Crippen LogP contribution < -0.4 is 5.32 Å². The molecule has 2 unspecified atom stereocenters. The summed E-state index contributed by atoms with van der Waals surface area (Å²) in [6, 6.07) is 0. The Bertz CT molecular complexity index is 299. The number of aliphatic carboxylic acids is 1. The minimum atomic E-state index is -2.51. The number of rotatable bonds is 7. The number of alkyl halides is 2. The van der Waals surface area contributed by atoms with E-state index in [4.69, 9.17) is 5.11 Å². The number of carboxylic acids is 1. The van der Waals surface area contributed by atoms with Gasteiger partial charge in [-0.15, -0.1) is 0 Å². The van der Waals surface area contributed by atoms with E-state index in [-0.39, 0.29) is 25.0 Å². The Morgan fingerprint density at radius 1 is 1.33 bits per heavy atom. The van der Waals surface area contributed by atoms with Crippen molar-refractivity contribution in [2.75, 3.05) is 19.8 Å². The van der Waals surface area contributed by atoms with Crippen molar-refractivity contribution in [3.8, 4) is 0 Å². The largest absolute Gasteiger partial charge is 0.481 e. The molecule has 0 aromatic heterocycles. The van der Waals surface area contributed by atoms with Crippen molar-refractivity contribution in [2.45, 2.75) is 25.7 Å². The quantitative estimate of drug-likeness (QED) is 0.670. The predicted molar refractivity (Wildman–Crippen MR) is 58.3 cm³/mol. The van der Waals surface area contributed by atoms with Crippen molar-refractivity contribution < 1.29 is 28.2 Å². The minimum absolute atomic E-state index is 0.0329. The number of hydrogen-bond acceptors (Lipinski definition) is 3. The van der Waals surface area contributed by atoms with Gasteiger partial charge in [-0.05, 0) is 19.3 Å². The number of carbonyl (C=O) groups is 2. The zero-order valence-corrected chi connectivity index (χ0v) is 9.90. The molecule has 1 aliphatic carbocycles. The van der Waals surface area contributed by atoms with Crippen LogP contribution in [0.25, 0.3) is 0 Å². The fourth-order valence-corrected chi connectivity index (χ4v) is 2.01. The molecule has 2 N–H and O–H groups in total. The highest BCUT2D eigenvalue weighted by Gasteiger charge is 2.33. The van der Waals surface area contributed by atoms with Crippen LogP contribution in [0.15, 0.2) is 0 Å². The lowest BCUT2D eigenvalue weighted by Crippen LogP contribution is -2.32. The number of nitrogens with one attached hydrogen (secondary N) is 1. The standard InChI is InChI=1S/C11H17F2NO4/c12-9(13)6-18-4-3-14-10(15)7-1-2-8(5-7)11(16)17/h7-9H,1-6H2,(H,14,15)(H,16,17). The third-order valence-corrected chi connectivity index (χ3v) is 2.94. The van der Waals surface area contributed by atoms with E-state index in [0.717, 1.165) is 0 Å². The van der Waals surface area contributed by atoms with Crippen LogP contribution in [-0.2, 0) is 14.3 Å². The van der Waals surface area contributed by atoms with Gasteiger partial charge in [-0.2, -0.15) is 0 Å². The van der Waals surface area contributed by atoms with E-state index in [2.05, 4.69) is 10.1 Å². The van der Waals surface area contributed by atoms with Crippen LogP contribution in [0.5, 0.6) is 0 Å². The second-order valence-electron chi connectivity index (χ2n) is 4.30. The molecule has 0 bridgehead atoms. The molecule has 0 aliphatic heterocycles. The molecule has 0 aromatic carbocycles. The number of ether oxygens (including phenoxy) is 1. The van der Waals surface area contributed by atoms with Crippen LogP contribution in [0.3, 0.4) is 0 Å².